The molecular formula is C25H25N5O3S2. The van der Waals surface area contributed by atoms with Crippen LogP contribution >= 0.6 is 12.2 Å². The summed E-state index contributed by atoms with van der Waals surface area (Å²) in [7, 11) is -3.92. The summed E-state index contributed by atoms with van der Waals surface area (Å²) in [5.74, 6) is 0.900. The first-order valence-corrected chi connectivity index (χ1v) is 12.9. The zero-order chi connectivity index (χ0) is 25.0. The molecule has 5 rings (SSSR count). The minimum absolute atomic E-state index is 0.0879. The van der Waals surface area contributed by atoms with Gasteiger partial charge in [-0.2, -0.15) is 0 Å². The van der Waals surface area contributed by atoms with Gasteiger partial charge in [-0.25, -0.2) is 18.5 Å². The normalized spacial score (nSPS) is 13.5. The van der Waals surface area contributed by atoms with Crippen LogP contribution in [0.1, 0.15) is 37.6 Å². The molecule has 8 nitrogen and oxygen atoms in total. The van der Waals surface area contributed by atoms with Crippen molar-refractivity contribution in [2.45, 2.75) is 44.6 Å². The fourth-order valence-electron chi connectivity index (χ4n) is 3.99. The van der Waals surface area contributed by atoms with Crippen molar-refractivity contribution < 1.29 is 12.8 Å². The third-order valence-corrected chi connectivity index (χ3v) is 7.89. The van der Waals surface area contributed by atoms with Crippen LogP contribution in [0.5, 0.6) is 0 Å². The molecule has 0 amide bonds. The maximum absolute atomic E-state index is 14.0. The molecule has 2 aromatic carbocycles. The van der Waals surface area contributed by atoms with Gasteiger partial charge in [-0.1, -0.05) is 39.0 Å². The molecule has 0 saturated heterocycles. The first-order valence-electron chi connectivity index (χ1n) is 11.1. The van der Waals surface area contributed by atoms with Gasteiger partial charge in [-0.05, 0) is 66.5 Å². The summed E-state index contributed by atoms with van der Waals surface area (Å²) >= 11 is 5.01. The molecule has 1 aliphatic rings. The van der Waals surface area contributed by atoms with Crippen molar-refractivity contribution >= 4 is 39.4 Å². The number of sulfonamides is 1. The zero-order valence-corrected chi connectivity index (χ0v) is 21.4. The van der Waals surface area contributed by atoms with Gasteiger partial charge in [0.1, 0.15) is 5.82 Å². The molecule has 0 spiro atoms. The molecule has 2 aromatic heterocycles. The summed E-state index contributed by atoms with van der Waals surface area (Å²) in [5.41, 5.74) is 4.22. The second-order valence-corrected chi connectivity index (χ2v) is 11.8. The highest BCUT2D eigenvalue weighted by atomic mass is 32.2. The van der Waals surface area contributed by atoms with Gasteiger partial charge in [0.25, 0.3) is 14.9 Å². The number of anilines is 3. The Hall–Kier alpha value is -3.50. The van der Waals surface area contributed by atoms with Crippen LogP contribution in [0.4, 0.5) is 17.2 Å². The molecule has 0 unspecified atom stereocenters. The number of hydrogen-bond acceptors (Lipinski definition) is 7. The predicted octanol–water partition coefficient (Wildman–Crippen LogP) is 5.85. The number of nitrogens with one attached hydrogen (secondary N) is 2. The molecule has 0 radical (unpaired) electrons. The van der Waals surface area contributed by atoms with Gasteiger partial charge in [0.15, 0.2) is 0 Å². The summed E-state index contributed by atoms with van der Waals surface area (Å²) in [6.07, 6.45) is 0. The Balaban J connectivity index is 1.67. The SMILES string of the molecule is Cc1ccc2c(n1)Nc1ccc(-c3n[nH]c(=S)o3)cc1N(S(=O)(=O)c1ccc(C(C)(C)C)cc1)C2. The van der Waals surface area contributed by atoms with E-state index in [0.717, 1.165) is 16.8 Å². The van der Waals surface area contributed by atoms with Gasteiger partial charge < -0.3 is 9.73 Å². The van der Waals surface area contributed by atoms with Crippen molar-refractivity contribution in [2.24, 2.45) is 0 Å². The molecule has 4 aromatic rings. The maximum Gasteiger partial charge on any atom is 0.284 e. The van der Waals surface area contributed by atoms with E-state index in [4.69, 9.17) is 16.6 Å². The Bertz CT molecular complexity index is 1580. The molecule has 1 aliphatic heterocycles. The first kappa shape index (κ1) is 23.3. The Kier molecular flexibility index (Phi) is 5.52. The van der Waals surface area contributed by atoms with Crippen LogP contribution in [0.25, 0.3) is 11.5 Å². The lowest BCUT2D eigenvalue weighted by Gasteiger charge is -2.25. The Labute approximate surface area is 209 Å². The molecule has 0 fully saturated rings. The summed E-state index contributed by atoms with van der Waals surface area (Å²) in [4.78, 5) is 4.96. The number of hydrogen-bond donors (Lipinski definition) is 2. The topological polar surface area (TPSA) is 104 Å². The molecule has 0 atom stereocenters. The highest BCUT2D eigenvalue weighted by Gasteiger charge is 2.31. The second-order valence-electron chi connectivity index (χ2n) is 9.52. The van der Waals surface area contributed by atoms with Crippen LogP contribution < -0.4 is 9.62 Å². The molecule has 0 aliphatic carbocycles. The van der Waals surface area contributed by atoms with E-state index in [1.165, 1.54) is 4.31 Å². The highest BCUT2D eigenvalue weighted by Crippen LogP contribution is 2.40. The standard InChI is InChI=1S/C25H25N5O3S2/c1-15-5-6-17-14-30(35(31,32)19-10-8-18(9-11-19)25(2,3)4)21-13-16(23-28-29-24(34)33-23)7-12-20(21)27-22(17)26-15/h5-13H,14H2,1-4H3,(H,26,27)(H,29,34). The minimum Gasteiger partial charge on any atom is -0.409 e. The van der Waals surface area contributed by atoms with Crippen LogP contribution in [-0.4, -0.2) is 23.6 Å². The zero-order valence-electron chi connectivity index (χ0n) is 19.8. The molecule has 0 saturated carbocycles. The number of fused-ring (bicyclic) bond motifs is 2. The van der Waals surface area contributed by atoms with Gasteiger partial charge in [-0.3, -0.25) is 4.31 Å². The lowest BCUT2D eigenvalue weighted by molar-refractivity contribution is 0.552. The number of nitrogens with zero attached hydrogens (tertiary/aromatic N) is 3. The van der Waals surface area contributed by atoms with E-state index < -0.39 is 10.0 Å². The van der Waals surface area contributed by atoms with Crippen LogP contribution in [0.2, 0.25) is 0 Å². The Morgan fingerprint density at radius 1 is 1.06 bits per heavy atom. The van der Waals surface area contributed by atoms with Gasteiger partial charge in [0, 0.05) is 16.8 Å². The first-order chi connectivity index (χ1) is 16.5. The molecule has 0 bridgehead atoms. The van der Waals surface area contributed by atoms with E-state index in [2.05, 4.69) is 41.3 Å². The Morgan fingerprint density at radius 3 is 2.46 bits per heavy atom. The van der Waals surface area contributed by atoms with Gasteiger partial charge in [-0.15, -0.1) is 5.10 Å². The third-order valence-electron chi connectivity index (χ3n) is 5.94. The monoisotopic (exact) mass is 507 g/mol. The second kappa shape index (κ2) is 8.31. The predicted molar refractivity (Wildman–Crippen MR) is 138 cm³/mol. The lowest BCUT2D eigenvalue weighted by atomic mass is 9.87. The van der Waals surface area contributed by atoms with Crippen LogP contribution in [0.3, 0.4) is 0 Å². The Morgan fingerprint density at radius 2 is 1.80 bits per heavy atom. The number of aromatic nitrogens is 3. The average molecular weight is 508 g/mol. The summed E-state index contributed by atoms with van der Waals surface area (Å²) < 4.78 is 34.9. The van der Waals surface area contributed by atoms with Crippen molar-refractivity contribution in [1.82, 2.24) is 15.2 Å². The summed E-state index contributed by atoms with van der Waals surface area (Å²) in [5, 5.41) is 10.0. The van der Waals surface area contributed by atoms with E-state index in [1.54, 1.807) is 30.3 Å². The van der Waals surface area contributed by atoms with E-state index in [0.29, 0.717) is 22.8 Å². The van der Waals surface area contributed by atoms with Crippen LogP contribution in [0.15, 0.2) is 63.9 Å². The quantitative estimate of drug-likeness (QED) is 0.335. The number of pyridine rings is 1. The molecule has 3 heterocycles. The van der Waals surface area contributed by atoms with Crippen molar-refractivity contribution in [2.75, 3.05) is 9.62 Å². The van der Waals surface area contributed by atoms with Crippen molar-refractivity contribution in [3.63, 3.8) is 0 Å². The van der Waals surface area contributed by atoms with E-state index in [1.807, 2.05) is 31.2 Å². The van der Waals surface area contributed by atoms with Crippen LogP contribution in [-0.2, 0) is 22.0 Å². The summed E-state index contributed by atoms with van der Waals surface area (Å²) in [6, 6.07) is 16.2. The van der Waals surface area contributed by atoms with E-state index >= 15 is 0 Å². The fourth-order valence-corrected chi connectivity index (χ4v) is 5.57. The number of benzene rings is 2. The number of H-pyrrole nitrogens is 1. The maximum atomic E-state index is 14.0. The van der Waals surface area contributed by atoms with Crippen LogP contribution in [0, 0.1) is 11.8 Å². The van der Waals surface area contributed by atoms with Crippen molar-refractivity contribution in [1.29, 1.82) is 0 Å². The van der Waals surface area contributed by atoms with Gasteiger partial charge >= 0.3 is 0 Å². The average Bonchev–Trinajstić information content (AvgIpc) is 3.17. The number of aromatic amines is 1. The van der Waals surface area contributed by atoms with Crippen molar-refractivity contribution in [3.05, 3.63) is 76.3 Å². The fraction of sp³-hybridized carbons (Fsp3) is 0.240. The van der Waals surface area contributed by atoms with E-state index in [-0.39, 0.29) is 27.6 Å². The van der Waals surface area contributed by atoms with Gasteiger partial charge in [0.2, 0.25) is 5.89 Å². The molecule has 35 heavy (non-hydrogen) atoms. The molecule has 10 heteroatoms. The molecular weight excluding hydrogens is 482 g/mol. The molecule has 2 N–H and O–H groups in total. The third kappa shape index (κ3) is 4.35. The smallest absolute Gasteiger partial charge is 0.284 e. The highest BCUT2D eigenvalue weighted by molar-refractivity contribution is 7.92. The van der Waals surface area contributed by atoms with E-state index in [9.17, 15) is 8.42 Å². The minimum atomic E-state index is -3.92. The molecule has 180 valence electrons. The number of rotatable bonds is 3. The lowest BCUT2D eigenvalue weighted by Crippen LogP contribution is -2.30. The largest absolute Gasteiger partial charge is 0.409 e. The van der Waals surface area contributed by atoms with Crippen molar-refractivity contribution in [3.8, 4) is 11.5 Å². The number of aryl methyl sites for hydroxylation is 1. The summed E-state index contributed by atoms with van der Waals surface area (Å²) in [6.45, 7) is 8.28. The van der Waals surface area contributed by atoms with Gasteiger partial charge in [0.05, 0.1) is 22.8 Å².